The highest BCUT2D eigenvalue weighted by molar-refractivity contribution is 5.98. The lowest BCUT2D eigenvalue weighted by atomic mass is 9.73. The van der Waals surface area contributed by atoms with E-state index in [1.807, 2.05) is 14.0 Å². The van der Waals surface area contributed by atoms with Crippen LogP contribution in [0.2, 0.25) is 0 Å². The smallest absolute Gasteiger partial charge is 0.341 e. The predicted molar refractivity (Wildman–Crippen MR) is 99.7 cm³/mol. The molecule has 1 unspecified atom stereocenters. The molecule has 4 heteroatoms. The first kappa shape index (κ1) is 15.6. The molecule has 128 valence electrons. The maximum absolute atomic E-state index is 12.4. The van der Waals surface area contributed by atoms with Gasteiger partial charge in [-0.05, 0) is 42.7 Å². The summed E-state index contributed by atoms with van der Waals surface area (Å²) in [6, 6.07) is 2.26. The third-order valence-corrected chi connectivity index (χ3v) is 6.04. The third kappa shape index (κ3) is 1.95. The zero-order valence-corrected chi connectivity index (χ0v) is 15.2. The number of benzene rings is 1. The molecule has 0 saturated carbocycles. The van der Waals surface area contributed by atoms with E-state index in [2.05, 4.69) is 37.1 Å². The van der Waals surface area contributed by atoms with Crippen molar-refractivity contribution in [3.63, 3.8) is 0 Å². The normalized spacial score (nSPS) is 21.7. The molecule has 1 aromatic heterocycles. The van der Waals surface area contributed by atoms with Crippen LogP contribution in [0.25, 0.3) is 11.0 Å². The number of nitrogens with zero attached hydrogens (tertiary/aromatic N) is 1. The van der Waals surface area contributed by atoms with Crippen molar-refractivity contribution in [2.45, 2.75) is 51.9 Å². The summed E-state index contributed by atoms with van der Waals surface area (Å²) < 4.78 is 5.85. The Morgan fingerprint density at radius 2 is 2.08 bits per heavy atom. The van der Waals surface area contributed by atoms with Gasteiger partial charge in [-0.1, -0.05) is 20.8 Å². The monoisotopic (exact) mass is 326 g/mol. The van der Waals surface area contributed by atoms with Gasteiger partial charge in [0.1, 0.15) is 5.58 Å². The average Bonchev–Trinajstić information content (AvgIpc) is 2.53. The lowest BCUT2D eigenvalue weighted by Gasteiger charge is -2.45. The molecule has 24 heavy (non-hydrogen) atoms. The Hall–Kier alpha value is -1.97. The van der Waals surface area contributed by atoms with Crippen molar-refractivity contribution in [3.05, 3.63) is 33.2 Å². The quantitative estimate of drug-likeness (QED) is 0.800. The Morgan fingerprint density at radius 1 is 1.33 bits per heavy atom. The molecule has 3 heterocycles. The largest absolute Gasteiger partial charge is 0.422 e. The van der Waals surface area contributed by atoms with E-state index in [-0.39, 0.29) is 11.0 Å². The van der Waals surface area contributed by atoms with E-state index in [4.69, 9.17) is 4.42 Å². The van der Waals surface area contributed by atoms with Gasteiger partial charge in [-0.15, -0.1) is 0 Å². The molecule has 0 saturated heterocycles. The zero-order valence-electron chi connectivity index (χ0n) is 15.2. The van der Waals surface area contributed by atoms with Gasteiger partial charge in [-0.25, -0.2) is 4.79 Å². The summed E-state index contributed by atoms with van der Waals surface area (Å²) in [5.41, 5.74) is 6.07. The van der Waals surface area contributed by atoms with Crippen LogP contribution in [-0.4, -0.2) is 20.1 Å². The molecule has 0 bridgehead atoms. The van der Waals surface area contributed by atoms with E-state index in [1.54, 1.807) is 0 Å². The number of nitrogens with one attached hydrogen (secondary N) is 1. The fourth-order valence-corrected chi connectivity index (χ4v) is 4.49. The van der Waals surface area contributed by atoms with Gasteiger partial charge in [0.15, 0.2) is 0 Å². The molecule has 0 spiro atoms. The van der Waals surface area contributed by atoms with E-state index in [0.717, 1.165) is 36.2 Å². The van der Waals surface area contributed by atoms with Crippen LogP contribution in [-0.2, 0) is 5.41 Å². The fourth-order valence-electron chi connectivity index (χ4n) is 4.49. The number of anilines is 2. The van der Waals surface area contributed by atoms with Crippen LogP contribution in [0.3, 0.4) is 0 Å². The SMILES string of the molecule is CNc1c(C)c(=O)oc2c3c4c(cc12)C(C)CCN4CCC3(C)C. The number of rotatable bonds is 1. The Labute approximate surface area is 142 Å². The lowest BCUT2D eigenvalue weighted by molar-refractivity contribution is 0.431. The van der Waals surface area contributed by atoms with E-state index in [0.29, 0.717) is 11.5 Å². The van der Waals surface area contributed by atoms with Gasteiger partial charge < -0.3 is 14.6 Å². The van der Waals surface area contributed by atoms with Crippen molar-refractivity contribution < 1.29 is 4.42 Å². The molecular weight excluding hydrogens is 300 g/mol. The van der Waals surface area contributed by atoms with Crippen LogP contribution < -0.4 is 15.8 Å². The standard InChI is InChI=1S/C20H26N2O2/c1-11-6-8-22-9-7-20(3,4)15-17(22)13(11)10-14-16(21-5)12(2)19(23)24-18(14)15/h10-11,21H,6-9H2,1-5H3. The zero-order chi connectivity index (χ0) is 17.2. The summed E-state index contributed by atoms with van der Waals surface area (Å²) in [7, 11) is 1.88. The van der Waals surface area contributed by atoms with E-state index >= 15 is 0 Å². The van der Waals surface area contributed by atoms with Gasteiger partial charge in [-0.3, -0.25) is 0 Å². The van der Waals surface area contributed by atoms with Crippen molar-refractivity contribution in [2.75, 3.05) is 30.4 Å². The fraction of sp³-hybridized carbons (Fsp3) is 0.550. The summed E-state index contributed by atoms with van der Waals surface area (Å²) >= 11 is 0. The minimum absolute atomic E-state index is 0.00730. The molecule has 1 atom stereocenters. The van der Waals surface area contributed by atoms with Crippen LogP contribution in [0.15, 0.2) is 15.3 Å². The van der Waals surface area contributed by atoms with Crippen molar-refractivity contribution in [1.82, 2.24) is 0 Å². The first-order valence-corrected chi connectivity index (χ1v) is 8.92. The molecule has 0 amide bonds. The maximum Gasteiger partial charge on any atom is 0.341 e. The van der Waals surface area contributed by atoms with Crippen LogP contribution in [0, 0.1) is 6.92 Å². The minimum atomic E-state index is -0.236. The first-order valence-electron chi connectivity index (χ1n) is 8.92. The van der Waals surface area contributed by atoms with Crippen molar-refractivity contribution in [2.24, 2.45) is 0 Å². The molecule has 2 aliphatic rings. The Bertz CT molecular complexity index is 895. The number of hydrogen-bond donors (Lipinski definition) is 1. The molecule has 0 aliphatic carbocycles. The van der Waals surface area contributed by atoms with Gasteiger partial charge in [0.05, 0.1) is 11.3 Å². The molecule has 2 aromatic rings. The molecule has 2 aliphatic heterocycles. The Kier molecular flexibility index (Phi) is 3.25. The maximum atomic E-state index is 12.4. The van der Waals surface area contributed by atoms with E-state index in [1.165, 1.54) is 23.2 Å². The van der Waals surface area contributed by atoms with Gasteiger partial charge in [-0.2, -0.15) is 0 Å². The highest BCUT2D eigenvalue weighted by Gasteiger charge is 2.39. The third-order valence-electron chi connectivity index (χ3n) is 6.04. The summed E-state index contributed by atoms with van der Waals surface area (Å²) in [6.07, 6.45) is 2.27. The topological polar surface area (TPSA) is 45.5 Å². The Balaban J connectivity index is 2.22. The molecule has 1 N–H and O–H groups in total. The van der Waals surface area contributed by atoms with E-state index < -0.39 is 0 Å². The van der Waals surface area contributed by atoms with E-state index in [9.17, 15) is 4.79 Å². The summed E-state index contributed by atoms with van der Waals surface area (Å²) in [5.74, 6) is 0.533. The molecule has 0 fully saturated rings. The van der Waals surface area contributed by atoms with Crippen LogP contribution in [0.1, 0.15) is 56.2 Å². The van der Waals surface area contributed by atoms with Crippen LogP contribution >= 0.6 is 0 Å². The van der Waals surface area contributed by atoms with Crippen LogP contribution in [0.5, 0.6) is 0 Å². The number of hydrogen-bond acceptors (Lipinski definition) is 4. The van der Waals surface area contributed by atoms with Gasteiger partial charge in [0.25, 0.3) is 0 Å². The molecule has 4 nitrogen and oxygen atoms in total. The molecular formula is C20H26N2O2. The first-order chi connectivity index (χ1) is 11.3. The Morgan fingerprint density at radius 3 is 2.79 bits per heavy atom. The van der Waals surface area contributed by atoms with Gasteiger partial charge >= 0.3 is 5.63 Å². The summed E-state index contributed by atoms with van der Waals surface area (Å²) in [6.45, 7) is 10.9. The molecule has 1 aromatic carbocycles. The van der Waals surface area contributed by atoms with Crippen molar-refractivity contribution in [1.29, 1.82) is 0 Å². The second kappa shape index (κ2) is 5.01. The summed E-state index contributed by atoms with van der Waals surface area (Å²) in [5, 5.41) is 4.28. The van der Waals surface area contributed by atoms with Gasteiger partial charge in [0.2, 0.25) is 0 Å². The highest BCUT2D eigenvalue weighted by Crippen LogP contribution is 2.50. The van der Waals surface area contributed by atoms with Crippen molar-refractivity contribution in [3.8, 4) is 0 Å². The predicted octanol–water partition coefficient (Wildman–Crippen LogP) is 4.14. The average molecular weight is 326 g/mol. The number of fused-ring (bicyclic) bond motifs is 2. The van der Waals surface area contributed by atoms with Crippen molar-refractivity contribution >= 4 is 22.3 Å². The second-order valence-electron chi connectivity index (χ2n) is 8.02. The lowest BCUT2D eigenvalue weighted by Crippen LogP contribution is -2.41. The van der Waals surface area contributed by atoms with Crippen LogP contribution in [0.4, 0.5) is 11.4 Å². The molecule has 0 radical (unpaired) electrons. The highest BCUT2D eigenvalue weighted by atomic mass is 16.4. The molecule has 4 rings (SSSR count). The minimum Gasteiger partial charge on any atom is -0.422 e. The van der Waals surface area contributed by atoms with Gasteiger partial charge in [0, 0.05) is 36.8 Å². The second-order valence-corrected chi connectivity index (χ2v) is 8.02. The summed E-state index contributed by atoms with van der Waals surface area (Å²) in [4.78, 5) is 14.9.